The van der Waals surface area contributed by atoms with Crippen molar-refractivity contribution < 1.29 is 24.6 Å². The van der Waals surface area contributed by atoms with Gasteiger partial charge in [0.05, 0.1) is 31.4 Å². The molecule has 3 amide bonds. The van der Waals surface area contributed by atoms with Crippen LogP contribution in [0.3, 0.4) is 0 Å². The van der Waals surface area contributed by atoms with Gasteiger partial charge in [-0.2, -0.15) is 0 Å². The van der Waals surface area contributed by atoms with Gasteiger partial charge in [-0.1, -0.05) is 47.1 Å². The fraction of sp³-hybridized carbons (Fsp3) is 0.433. The smallest absolute Gasteiger partial charge is 0.264 e. The maximum absolute atomic E-state index is 13.9. The molecule has 10 heteroatoms. The van der Waals surface area contributed by atoms with Crippen LogP contribution in [0.15, 0.2) is 59.1 Å². The number of fused-ring (bicyclic) bond motifs is 1. The Balaban J connectivity index is 1.33. The van der Waals surface area contributed by atoms with E-state index in [1.54, 1.807) is 39.8 Å². The monoisotopic (exact) mass is 610 g/mol. The summed E-state index contributed by atoms with van der Waals surface area (Å²) in [6.45, 7) is 4.29. The molecule has 3 N–H and O–H groups in total. The van der Waals surface area contributed by atoms with E-state index >= 15 is 0 Å². The second kappa shape index (κ2) is 11.8. The van der Waals surface area contributed by atoms with Crippen LogP contribution in [-0.4, -0.2) is 71.7 Å². The quantitative estimate of drug-likeness (QED) is 0.396. The molecular formula is C30H35BrN4O5. The zero-order valence-corrected chi connectivity index (χ0v) is 24.1. The van der Waals surface area contributed by atoms with Crippen molar-refractivity contribution in [1.82, 2.24) is 10.2 Å². The fourth-order valence-corrected chi connectivity index (χ4v) is 6.26. The van der Waals surface area contributed by atoms with Crippen LogP contribution in [-0.2, 0) is 26.5 Å². The van der Waals surface area contributed by atoms with E-state index < -0.39 is 17.4 Å². The first-order valence-electron chi connectivity index (χ1n) is 13.8. The number of benzene rings is 2. The summed E-state index contributed by atoms with van der Waals surface area (Å²) < 4.78 is 0.750. The second-order valence-corrected chi connectivity index (χ2v) is 11.6. The van der Waals surface area contributed by atoms with Crippen LogP contribution in [0.2, 0.25) is 0 Å². The molecule has 0 aliphatic carbocycles. The largest absolute Gasteiger partial charge is 0.394 e. The first-order valence-corrected chi connectivity index (χ1v) is 14.5. The zero-order chi connectivity index (χ0) is 28.4. The fourth-order valence-electron chi connectivity index (χ4n) is 5.90. The molecule has 5 rings (SSSR count). The van der Waals surface area contributed by atoms with Crippen LogP contribution in [0.1, 0.15) is 37.3 Å². The van der Waals surface area contributed by atoms with E-state index in [4.69, 9.17) is 0 Å². The van der Waals surface area contributed by atoms with Gasteiger partial charge in [0.15, 0.2) is 5.60 Å². The summed E-state index contributed by atoms with van der Waals surface area (Å²) in [6.07, 6.45) is 5.26. The van der Waals surface area contributed by atoms with Crippen molar-refractivity contribution in [1.29, 1.82) is 0 Å². The number of carbonyl (C=O) groups excluding carboxylic acids is 3. The molecule has 0 spiro atoms. The predicted molar refractivity (Wildman–Crippen MR) is 156 cm³/mol. The van der Waals surface area contributed by atoms with E-state index in [0.29, 0.717) is 30.9 Å². The van der Waals surface area contributed by atoms with Gasteiger partial charge in [-0.3, -0.25) is 14.4 Å². The minimum absolute atomic E-state index is 0.0238. The number of likely N-dealkylation sites (tertiary alicyclic amines) is 1. The minimum atomic E-state index is -1.80. The van der Waals surface area contributed by atoms with Crippen LogP contribution in [0.4, 0.5) is 11.4 Å². The number of hydrogen-bond donors (Lipinski definition) is 3. The Morgan fingerprint density at radius 1 is 1.20 bits per heavy atom. The van der Waals surface area contributed by atoms with Crippen molar-refractivity contribution in [3.05, 3.63) is 70.2 Å². The van der Waals surface area contributed by atoms with Gasteiger partial charge in [0.1, 0.15) is 0 Å². The summed E-state index contributed by atoms with van der Waals surface area (Å²) in [4.78, 5) is 43.9. The molecule has 2 aromatic rings. The highest BCUT2D eigenvalue weighted by Crippen LogP contribution is 2.46. The molecule has 9 nitrogen and oxygen atoms in total. The first kappa shape index (κ1) is 28.5. The lowest BCUT2D eigenvalue weighted by molar-refractivity contribution is -0.139. The van der Waals surface area contributed by atoms with E-state index in [0.717, 1.165) is 35.1 Å². The minimum Gasteiger partial charge on any atom is -0.394 e. The molecule has 0 aromatic heterocycles. The normalized spacial score (nSPS) is 23.8. The van der Waals surface area contributed by atoms with Crippen molar-refractivity contribution in [2.24, 2.45) is 5.92 Å². The lowest BCUT2D eigenvalue weighted by Gasteiger charge is -2.28. The highest BCUT2D eigenvalue weighted by molar-refractivity contribution is 9.10. The predicted octanol–water partition coefficient (Wildman–Crippen LogP) is 2.69. The number of nitrogens with zero attached hydrogens (tertiary/aromatic N) is 3. The van der Waals surface area contributed by atoms with E-state index in [-0.39, 0.29) is 37.4 Å². The molecule has 0 saturated carbocycles. The van der Waals surface area contributed by atoms with E-state index in [1.165, 1.54) is 0 Å². The number of aliphatic hydroxyl groups is 2. The lowest BCUT2D eigenvalue weighted by Crippen LogP contribution is -2.48. The summed E-state index contributed by atoms with van der Waals surface area (Å²) in [6, 6.07) is 12.9. The number of anilines is 2. The number of halogens is 1. The average molecular weight is 612 g/mol. The SMILES string of the molecule is C[C@@H](/C=C/CC(=O)N1CCC[C@H]1CO)[C@]1(O)C(=O)N(Cc2ccc(N3CCNCC3=O)cc2)c2ccc(Br)cc21. The number of piperazine rings is 1. The third kappa shape index (κ3) is 5.33. The molecule has 0 radical (unpaired) electrons. The third-order valence-electron chi connectivity index (χ3n) is 8.19. The molecule has 40 heavy (non-hydrogen) atoms. The van der Waals surface area contributed by atoms with Crippen molar-refractivity contribution in [2.45, 2.75) is 44.4 Å². The van der Waals surface area contributed by atoms with Crippen LogP contribution in [0.5, 0.6) is 0 Å². The Morgan fingerprint density at radius 2 is 1.98 bits per heavy atom. The highest BCUT2D eigenvalue weighted by Gasteiger charge is 2.52. The van der Waals surface area contributed by atoms with Gasteiger partial charge in [0.25, 0.3) is 5.91 Å². The maximum Gasteiger partial charge on any atom is 0.264 e. The van der Waals surface area contributed by atoms with Gasteiger partial charge in [-0.25, -0.2) is 0 Å². The summed E-state index contributed by atoms with van der Waals surface area (Å²) in [5.41, 5.74) is 1.04. The van der Waals surface area contributed by atoms with Crippen molar-refractivity contribution in [2.75, 3.05) is 42.6 Å². The number of hydrogen-bond acceptors (Lipinski definition) is 6. The third-order valence-corrected chi connectivity index (χ3v) is 8.69. The Kier molecular flexibility index (Phi) is 8.42. The Hall–Kier alpha value is -3.05. The van der Waals surface area contributed by atoms with Crippen LogP contribution < -0.4 is 15.1 Å². The van der Waals surface area contributed by atoms with Crippen LogP contribution >= 0.6 is 15.9 Å². The number of rotatable bonds is 8. The number of nitrogens with one attached hydrogen (secondary N) is 1. The van der Waals surface area contributed by atoms with Crippen LogP contribution in [0, 0.1) is 5.92 Å². The van der Waals surface area contributed by atoms with Gasteiger partial charge in [0, 0.05) is 47.7 Å². The number of amides is 3. The standard InChI is InChI=1S/C30H35BrN4O5/c1-20(4-2-6-27(37)33-14-3-5-24(33)19-36)30(40)25-16-22(31)9-12-26(25)35(29(30)39)18-21-7-10-23(11-8-21)34-15-13-32-17-28(34)38/h2,4,7-12,16,20,24,32,36,40H,3,5-6,13-15,17-19H2,1H3/b4-2+/t20-,24-,30+/m0/s1. The van der Waals surface area contributed by atoms with Gasteiger partial charge in [0.2, 0.25) is 11.8 Å². The van der Waals surface area contributed by atoms with Gasteiger partial charge in [-0.05, 0) is 48.7 Å². The molecule has 3 aliphatic heterocycles. The van der Waals surface area contributed by atoms with E-state index in [1.807, 2.05) is 36.4 Å². The molecular weight excluding hydrogens is 576 g/mol. The Morgan fingerprint density at radius 3 is 2.70 bits per heavy atom. The maximum atomic E-state index is 13.9. The van der Waals surface area contributed by atoms with E-state index in [9.17, 15) is 24.6 Å². The molecule has 2 aromatic carbocycles. The summed E-state index contributed by atoms with van der Waals surface area (Å²) in [5, 5.41) is 24.5. The molecule has 2 saturated heterocycles. The van der Waals surface area contributed by atoms with E-state index in [2.05, 4.69) is 21.2 Å². The highest BCUT2D eigenvalue weighted by atomic mass is 79.9. The molecule has 3 aliphatic rings. The molecule has 3 atom stereocenters. The average Bonchev–Trinajstić information content (AvgIpc) is 3.52. The van der Waals surface area contributed by atoms with Crippen molar-refractivity contribution >= 4 is 45.0 Å². The molecule has 0 bridgehead atoms. The van der Waals surface area contributed by atoms with Crippen LogP contribution in [0.25, 0.3) is 0 Å². The van der Waals surface area contributed by atoms with Crippen molar-refractivity contribution in [3.8, 4) is 0 Å². The van der Waals surface area contributed by atoms with Gasteiger partial charge >= 0.3 is 0 Å². The number of carbonyl (C=O) groups is 3. The molecule has 212 valence electrons. The summed E-state index contributed by atoms with van der Waals surface area (Å²) >= 11 is 3.48. The van der Waals surface area contributed by atoms with Crippen molar-refractivity contribution in [3.63, 3.8) is 0 Å². The molecule has 0 unspecified atom stereocenters. The molecule has 3 heterocycles. The lowest BCUT2D eigenvalue weighted by atomic mass is 9.83. The summed E-state index contributed by atoms with van der Waals surface area (Å²) in [7, 11) is 0. The topological polar surface area (TPSA) is 113 Å². The van der Waals surface area contributed by atoms with Gasteiger partial charge < -0.3 is 30.2 Å². The molecule has 2 fully saturated rings. The Bertz CT molecular complexity index is 1320. The Labute approximate surface area is 242 Å². The second-order valence-electron chi connectivity index (χ2n) is 10.7. The zero-order valence-electron chi connectivity index (χ0n) is 22.6. The number of aliphatic hydroxyl groups excluding tert-OH is 1. The van der Waals surface area contributed by atoms with Gasteiger partial charge in [-0.15, -0.1) is 0 Å². The summed E-state index contributed by atoms with van der Waals surface area (Å²) in [5.74, 6) is -1.07. The first-order chi connectivity index (χ1) is 19.2.